The summed E-state index contributed by atoms with van der Waals surface area (Å²) in [4.78, 5) is 28.3. The van der Waals surface area contributed by atoms with E-state index >= 15 is 0 Å². The van der Waals surface area contributed by atoms with E-state index in [0.717, 1.165) is 6.42 Å². The molecule has 0 aromatic carbocycles. The van der Waals surface area contributed by atoms with E-state index in [1.165, 1.54) is 6.08 Å². The second-order valence-electron chi connectivity index (χ2n) is 4.20. The first kappa shape index (κ1) is 16.4. The maximum atomic E-state index is 12.3. The summed E-state index contributed by atoms with van der Waals surface area (Å²) in [7, 11) is 0. The highest BCUT2D eigenvalue weighted by molar-refractivity contribution is 7.81. The zero-order chi connectivity index (χ0) is 15.0. The summed E-state index contributed by atoms with van der Waals surface area (Å²) in [6.45, 7) is 3.88. The van der Waals surface area contributed by atoms with Crippen molar-refractivity contribution in [1.29, 1.82) is 0 Å². The number of ketones is 1. The number of nitrogens with zero attached hydrogens (tertiary/aromatic N) is 1. The molecule has 1 rings (SSSR count). The van der Waals surface area contributed by atoms with Crippen molar-refractivity contribution in [2.45, 2.75) is 31.9 Å². The van der Waals surface area contributed by atoms with Crippen molar-refractivity contribution in [3.8, 4) is 0 Å². The summed E-state index contributed by atoms with van der Waals surface area (Å²) in [5, 5.41) is -0.501. The van der Waals surface area contributed by atoms with Crippen LogP contribution in [-0.4, -0.2) is 28.6 Å². The highest BCUT2D eigenvalue weighted by atomic mass is 32.1. The Labute approximate surface area is 124 Å². The standard InChI is InChI=1S/C15H19NO3S/c1-3-7-13(20)14(17)12(15(18)19-4-2)10-11-8-5-6-9-16-11/h5-6,8-10,13,20H,3-4,7H2,1-2H3/b12-10-. The molecule has 1 aromatic rings. The first-order valence-corrected chi connectivity index (χ1v) is 7.13. The lowest BCUT2D eigenvalue weighted by molar-refractivity contribution is -0.139. The molecular weight excluding hydrogens is 274 g/mol. The Morgan fingerprint density at radius 2 is 2.15 bits per heavy atom. The minimum absolute atomic E-state index is 0.000926. The number of hydrogen-bond donors (Lipinski definition) is 1. The summed E-state index contributed by atoms with van der Waals surface area (Å²) in [6.07, 6.45) is 4.49. The molecule has 1 aromatic heterocycles. The van der Waals surface area contributed by atoms with Crippen LogP contribution in [0.25, 0.3) is 6.08 Å². The van der Waals surface area contributed by atoms with Crippen LogP contribution in [0.4, 0.5) is 0 Å². The molecule has 1 heterocycles. The summed E-state index contributed by atoms with van der Waals surface area (Å²) in [5.41, 5.74) is 0.542. The number of carbonyl (C=O) groups excluding carboxylic acids is 2. The van der Waals surface area contributed by atoms with Crippen LogP contribution in [0.5, 0.6) is 0 Å². The molecule has 5 heteroatoms. The second kappa shape index (κ2) is 8.53. The first-order valence-electron chi connectivity index (χ1n) is 6.62. The van der Waals surface area contributed by atoms with Gasteiger partial charge >= 0.3 is 5.97 Å². The summed E-state index contributed by atoms with van der Waals surface area (Å²) in [5.74, 6) is -0.947. The molecule has 20 heavy (non-hydrogen) atoms. The van der Waals surface area contributed by atoms with E-state index in [1.54, 1.807) is 31.3 Å². The fourth-order valence-electron chi connectivity index (χ4n) is 1.63. The zero-order valence-corrected chi connectivity index (χ0v) is 12.6. The third kappa shape index (κ3) is 4.81. The van der Waals surface area contributed by atoms with E-state index in [2.05, 4.69) is 17.6 Å². The van der Waals surface area contributed by atoms with Gasteiger partial charge in [-0.05, 0) is 31.6 Å². The number of hydrogen-bond acceptors (Lipinski definition) is 5. The van der Waals surface area contributed by atoms with Crippen LogP contribution in [0.15, 0.2) is 30.0 Å². The van der Waals surface area contributed by atoms with E-state index in [9.17, 15) is 9.59 Å². The molecule has 0 aliphatic heterocycles. The number of ether oxygens (including phenoxy) is 1. The van der Waals surface area contributed by atoms with Crippen LogP contribution < -0.4 is 0 Å². The minimum atomic E-state index is -0.627. The van der Waals surface area contributed by atoms with Crippen molar-refractivity contribution in [1.82, 2.24) is 4.98 Å². The minimum Gasteiger partial charge on any atom is -0.462 e. The Morgan fingerprint density at radius 3 is 2.70 bits per heavy atom. The van der Waals surface area contributed by atoms with Gasteiger partial charge in [-0.2, -0.15) is 12.6 Å². The maximum absolute atomic E-state index is 12.3. The monoisotopic (exact) mass is 293 g/mol. The molecule has 0 bridgehead atoms. The summed E-state index contributed by atoms with van der Waals surface area (Å²) >= 11 is 4.25. The average molecular weight is 293 g/mol. The van der Waals surface area contributed by atoms with Crippen molar-refractivity contribution in [2.75, 3.05) is 6.61 Å². The number of thiol groups is 1. The van der Waals surface area contributed by atoms with E-state index in [-0.39, 0.29) is 18.0 Å². The lowest BCUT2D eigenvalue weighted by Gasteiger charge is -2.11. The Balaban J connectivity index is 3.05. The van der Waals surface area contributed by atoms with Gasteiger partial charge < -0.3 is 4.74 Å². The number of pyridine rings is 1. The molecule has 0 saturated heterocycles. The summed E-state index contributed by atoms with van der Waals surface area (Å²) < 4.78 is 4.94. The first-order chi connectivity index (χ1) is 9.60. The SMILES string of the molecule is CCCC(S)C(=O)/C(=C/c1ccccn1)C(=O)OCC. The van der Waals surface area contributed by atoms with Gasteiger partial charge in [0.2, 0.25) is 0 Å². The zero-order valence-electron chi connectivity index (χ0n) is 11.7. The Bertz CT molecular complexity index is 485. The van der Waals surface area contributed by atoms with Crippen molar-refractivity contribution >= 4 is 30.5 Å². The number of rotatable bonds is 7. The van der Waals surface area contributed by atoms with Crippen LogP contribution in [0.1, 0.15) is 32.4 Å². The molecule has 0 radical (unpaired) electrons. The van der Waals surface area contributed by atoms with Gasteiger partial charge in [0.25, 0.3) is 0 Å². The molecule has 4 nitrogen and oxygen atoms in total. The van der Waals surface area contributed by atoms with Crippen molar-refractivity contribution in [3.63, 3.8) is 0 Å². The molecular formula is C15H19NO3S. The van der Waals surface area contributed by atoms with Gasteiger partial charge in [0, 0.05) is 6.20 Å². The third-order valence-electron chi connectivity index (χ3n) is 2.61. The Hall–Kier alpha value is -1.62. The molecule has 0 fully saturated rings. The molecule has 0 aliphatic rings. The molecule has 0 aliphatic carbocycles. The quantitative estimate of drug-likeness (QED) is 0.276. The van der Waals surface area contributed by atoms with Crippen LogP contribution in [-0.2, 0) is 14.3 Å². The second-order valence-corrected chi connectivity index (χ2v) is 4.83. The number of aromatic nitrogens is 1. The van der Waals surface area contributed by atoms with E-state index in [1.807, 2.05) is 6.92 Å². The Morgan fingerprint density at radius 1 is 1.40 bits per heavy atom. The third-order valence-corrected chi connectivity index (χ3v) is 3.10. The topological polar surface area (TPSA) is 56.3 Å². The van der Waals surface area contributed by atoms with Gasteiger partial charge in [-0.1, -0.05) is 19.4 Å². The largest absolute Gasteiger partial charge is 0.462 e. The predicted molar refractivity (Wildman–Crippen MR) is 81.5 cm³/mol. The van der Waals surface area contributed by atoms with Crippen LogP contribution in [0, 0.1) is 0 Å². The van der Waals surface area contributed by atoms with Crippen LogP contribution >= 0.6 is 12.6 Å². The number of carbonyl (C=O) groups is 2. The van der Waals surface area contributed by atoms with Gasteiger partial charge in [-0.3, -0.25) is 9.78 Å². The molecule has 108 valence electrons. The maximum Gasteiger partial charge on any atom is 0.341 e. The molecule has 1 atom stereocenters. The van der Waals surface area contributed by atoms with Crippen LogP contribution in [0.2, 0.25) is 0 Å². The smallest absolute Gasteiger partial charge is 0.341 e. The highest BCUT2D eigenvalue weighted by Crippen LogP contribution is 2.15. The van der Waals surface area contributed by atoms with Crippen molar-refractivity contribution < 1.29 is 14.3 Å². The highest BCUT2D eigenvalue weighted by Gasteiger charge is 2.24. The average Bonchev–Trinajstić information content (AvgIpc) is 2.45. The van der Waals surface area contributed by atoms with Gasteiger partial charge in [0.15, 0.2) is 5.78 Å². The van der Waals surface area contributed by atoms with Gasteiger partial charge in [-0.25, -0.2) is 4.79 Å². The lowest BCUT2D eigenvalue weighted by Crippen LogP contribution is -2.23. The van der Waals surface area contributed by atoms with Gasteiger partial charge in [0.1, 0.15) is 5.57 Å². The van der Waals surface area contributed by atoms with E-state index in [4.69, 9.17) is 4.74 Å². The van der Waals surface area contributed by atoms with Gasteiger partial charge in [0.05, 0.1) is 17.6 Å². The molecule has 0 amide bonds. The molecule has 0 saturated carbocycles. The molecule has 1 unspecified atom stereocenters. The normalized spacial score (nSPS) is 12.8. The van der Waals surface area contributed by atoms with Crippen LogP contribution in [0.3, 0.4) is 0 Å². The molecule has 0 N–H and O–H groups in total. The number of esters is 1. The van der Waals surface area contributed by atoms with E-state index in [0.29, 0.717) is 12.1 Å². The van der Waals surface area contributed by atoms with Crippen molar-refractivity contribution in [3.05, 3.63) is 35.7 Å². The number of Topliss-reactive ketones (excluding diaryl/α,β-unsaturated/α-hetero) is 1. The lowest BCUT2D eigenvalue weighted by atomic mass is 10.0. The summed E-state index contributed by atoms with van der Waals surface area (Å²) in [6, 6.07) is 5.28. The van der Waals surface area contributed by atoms with E-state index < -0.39 is 11.2 Å². The van der Waals surface area contributed by atoms with Gasteiger partial charge in [-0.15, -0.1) is 0 Å². The molecule has 0 spiro atoms. The fraction of sp³-hybridized carbons (Fsp3) is 0.400. The Kier molecular flexibility index (Phi) is 7.01. The van der Waals surface area contributed by atoms with Crippen molar-refractivity contribution in [2.24, 2.45) is 0 Å². The fourth-order valence-corrected chi connectivity index (χ4v) is 2.03. The predicted octanol–water partition coefficient (Wildman–Crippen LogP) is 2.70.